The van der Waals surface area contributed by atoms with Gasteiger partial charge in [0.25, 0.3) is 0 Å². The summed E-state index contributed by atoms with van der Waals surface area (Å²) >= 11 is 0. The maximum atomic E-state index is 3.68. The number of benzene rings is 1. The molecule has 15 heavy (non-hydrogen) atoms. The molecule has 1 N–H and O–H groups in total. The van der Waals surface area contributed by atoms with Crippen LogP contribution in [0.15, 0.2) is 30.3 Å². The molecule has 0 radical (unpaired) electrons. The Kier molecular flexibility index (Phi) is 4.83. The molecule has 0 saturated heterocycles. The quantitative estimate of drug-likeness (QED) is 0.771. The van der Waals surface area contributed by atoms with E-state index in [2.05, 4.69) is 63.3 Å². The topological polar surface area (TPSA) is 12.0 Å². The molecule has 0 aliphatic carbocycles. The van der Waals surface area contributed by atoms with Gasteiger partial charge in [-0.25, -0.2) is 0 Å². The first kappa shape index (κ1) is 12.3. The normalized spacial score (nSPS) is 15.3. The molecule has 0 bridgehead atoms. The van der Waals surface area contributed by atoms with Crippen molar-refractivity contribution in [3.05, 3.63) is 35.9 Å². The minimum absolute atomic E-state index is 0.443. The van der Waals surface area contributed by atoms with Crippen LogP contribution in [-0.2, 0) is 0 Å². The summed E-state index contributed by atoms with van der Waals surface area (Å²) in [4.78, 5) is 0. The molecule has 0 unspecified atom stereocenters. The predicted molar refractivity (Wildman–Crippen MR) is 66.9 cm³/mol. The van der Waals surface area contributed by atoms with Crippen LogP contribution in [0.2, 0.25) is 0 Å². The second-order valence-corrected chi connectivity index (χ2v) is 4.56. The number of nitrogens with one attached hydrogen (secondary N) is 1. The highest BCUT2D eigenvalue weighted by Gasteiger charge is 2.14. The molecule has 0 heterocycles. The minimum Gasteiger partial charge on any atom is -0.307 e. The van der Waals surface area contributed by atoms with Crippen molar-refractivity contribution in [3.63, 3.8) is 0 Å². The Bertz CT molecular complexity index is 266. The van der Waals surface area contributed by atoms with E-state index in [0.717, 1.165) is 0 Å². The van der Waals surface area contributed by atoms with E-state index in [-0.39, 0.29) is 0 Å². The van der Waals surface area contributed by atoms with E-state index in [0.29, 0.717) is 18.0 Å². The molecule has 1 nitrogen and oxygen atoms in total. The summed E-state index contributed by atoms with van der Waals surface area (Å²) in [5.74, 6) is 0.696. The van der Waals surface area contributed by atoms with Crippen LogP contribution in [0.1, 0.15) is 45.7 Å². The van der Waals surface area contributed by atoms with Crippen molar-refractivity contribution in [2.24, 2.45) is 5.92 Å². The minimum atomic E-state index is 0.443. The van der Waals surface area contributed by atoms with Crippen molar-refractivity contribution in [1.29, 1.82) is 0 Å². The van der Waals surface area contributed by atoms with Gasteiger partial charge in [0.2, 0.25) is 0 Å². The molecule has 0 aliphatic rings. The predicted octanol–water partition coefficient (Wildman–Crippen LogP) is 3.77. The summed E-state index contributed by atoms with van der Waals surface area (Å²) in [7, 11) is 0. The number of hydrogen-bond acceptors (Lipinski definition) is 1. The maximum Gasteiger partial charge on any atom is 0.0294 e. The fourth-order valence-corrected chi connectivity index (χ4v) is 1.94. The molecule has 0 amide bonds. The Morgan fingerprint density at radius 2 is 1.67 bits per heavy atom. The van der Waals surface area contributed by atoms with E-state index in [1.807, 2.05) is 0 Å². The van der Waals surface area contributed by atoms with E-state index in [1.165, 1.54) is 12.0 Å². The third kappa shape index (κ3) is 3.67. The van der Waals surface area contributed by atoms with Crippen LogP contribution in [0.4, 0.5) is 0 Å². The molecule has 1 heteroatoms. The molecular formula is C14H23N. The van der Waals surface area contributed by atoms with Gasteiger partial charge in [-0.15, -0.1) is 0 Å². The van der Waals surface area contributed by atoms with Crippen molar-refractivity contribution in [2.45, 2.75) is 46.2 Å². The van der Waals surface area contributed by atoms with Crippen molar-refractivity contribution in [2.75, 3.05) is 0 Å². The van der Waals surface area contributed by atoms with Gasteiger partial charge in [0.05, 0.1) is 0 Å². The zero-order valence-electron chi connectivity index (χ0n) is 10.3. The Labute approximate surface area is 93.9 Å². The average molecular weight is 205 g/mol. The highest BCUT2D eigenvalue weighted by Crippen LogP contribution is 2.15. The van der Waals surface area contributed by atoms with Crippen LogP contribution in [0.3, 0.4) is 0 Å². The molecule has 0 saturated carbocycles. The lowest BCUT2D eigenvalue weighted by Gasteiger charge is -2.25. The van der Waals surface area contributed by atoms with Crippen LogP contribution in [0, 0.1) is 5.92 Å². The van der Waals surface area contributed by atoms with Gasteiger partial charge in [0, 0.05) is 12.1 Å². The molecule has 2 atom stereocenters. The summed E-state index contributed by atoms with van der Waals surface area (Å²) in [6.45, 7) is 9.04. The first-order valence-corrected chi connectivity index (χ1v) is 5.96. The largest absolute Gasteiger partial charge is 0.307 e. The lowest BCUT2D eigenvalue weighted by Crippen LogP contribution is -2.35. The smallest absolute Gasteiger partial charge is 0.0294 e. The van der Waals surface area contributed by atoms with Crippen molar-refractivity contribution < 1.29 is 0 Å². The summed E-state index contributed by atoms with van der Waals surface area (Å²) in [6.07, 6.45) is 1.19. The summed E-state index contributed by atoms with van der Waals surface area (Å²) < 4.78 is 0. The Morgan fingerprint density at radius 1 is 1.07 bits per heavy atom. The Morgan fingerprint density at radius 3 is 2.13 bits per heavy atom. The Hall–Kier alpha value is -0.820. The van der Waals surface area contributed by atoms with Crippen molar-refractivity contribution in [1.82, 2.24) is 5.32 Å². The highest BCUT2D eigenvalue weighted by molar-refractivity contribution is 5.18. The first-order chi connectivity index (χ1) is 7.15. The van der Waals surface area contributed by atoms with Gasteiger partial charge >= 0.3 is 0 Å². The number of hydrogen-bond donors (Lipinski definition) is 1. The van der Waals surface area contributed by atoms with E-state index in [1.54, 1.807) is 0 Å². The van der Waals surface area contributed by atoms with Gasteiger partial charge < -0.3 is 5.32 Å². The summed E-state index contributed by atoms with van der Waals surface area (Å²) in [5, 5.41) is 3.68. The summed E-state index contributed by atoms with van der Waals surface area (Å²) in [6, 6.07) is 11.7. The zero-order valence-corrected chi connectivity index (χ0v) is 10.3. The van der Waals surface area contributed by atoms with Gasteiger partial charge in [-0.05, 0) is 24.8 Å². The van der Waals surface area contributed by atoms with Crippen LogP contribution in [0.5, 0.6) is 0 Å². The molecule has 0 spiro atoms. The van der Waals surface area contributed by atoms with E-state index in [9.17, 15) is 0 Å². The summed E-state index contributed by atoms with van der Waals surface area (Å²) in [5.41, 5.74) is 1.37. The highest BCUT2D eigenvalue weighted by atomic mass is 14.9. The molecule has 0 aromatic heterocycles. The SMILES string of the molecule is CC[C@@H](N[C@@H](C)c1ccccc1)C(C)C. The second kappa shape index (κ2) is 5.92. The van der Waals surface area contributed by atoms with Crippen molar-refractivity contribution >= 4 is 0 Å². The Balaban J connectivity index is 2.58. The molecular weight excluding hydrogens is 182 g/mol. The molecule has 1 rings (SSSR count). The van der Waals surface area contributed by atoms with Gasteiger partial charge in [0.1, 0.15) is 0 Å². The van der Waals surface area contributed by atoms with Gasteiger partial charge in [-0.3, -0.25) is 0 Å². The fourth-order valence-electron chi connectivity index (χ4n) is 1.94. The molecule has 0 fully saturated rings. The average Bonchev–Trinajstić information content (AvgIpc) is 2.26. The van der Waals surface area contributed by atoms with E-state index < -0.39 is 0 Å². The molecule has 84 valence electrons. The van der Waals surface area contributed by atoms with Crippen molar-refractivity contribution in [3.8, 4) is 0 Å². The van der Waals surface area contributed by atoms with Gasteiger partial charge in [-0.1, -0.05) is 51.1 Å². The van der Waals surface area contributed by atoms with Crippen LogP contribution < -0.4 is 5.32 Å². The van der Waals surface area contributed by atoms with E-state index in [4.69, 9.17) is 0 Å². The molecule has 1 aromatic carbocycles. The van der Waals surface area contributed by atoms with Crippen LogP contribution in [-0.4, -0.2) is 6.04 Å². The monoisotopic (exact) mass is 205 g/mol. The van der Waals surface area contributed by atoms with Crippen LogP contribution >= 0.6 is 0 Å². The lowest BCUT2D eigenvalue weighted by molar-refractivity contribution is 0.356. The fraction of sp³-hybridized carbons (Fsp3) is 0.571. The van der Waals surface area contributed by atoms with Gasteiger partial charge in [-0.2, -0.15) is 0 Å². The second-order valence-electron chi connectivity index (χ2n) is 4.56. The number of rotatable bonds is 5. The maximum absolute atomic E-state index is 3.68. The molecule has 0 aliphatic heterocycles. The van der Waals surface area contributed by atoms with Crippen LogP contribution in [0.25, 0.3) is 0 Å². The van der Waals surface area contributed by atoms with Gasteiger partial charge in [0.15, 0.2) is 0 Å². The molecule has 1 aromatic rings. The third-order valence-electron chi connectivity index (χ3n) is 3.01. The zero-order chi connectivity index (χ0) is 11.3. The first-order valence-electron chi connectivity index (χ1n) is 5.96. The lowest BCUT2D eigenvalue weighted by atomic mass is 9.99. The third-order valence-corrected chi connectivity index (χ3v) is 3.01. The van der Waals surface area contributed by atoms with E-state index >= 15 is 0 Å². The standard InChI is InChI=1S/C14H23N/c1-5-14(11(2)3)15-12(4)13-9-7-6-8-10-13/h6-12,14-15H,5H2,1-4H3/t12-,14+/m0/s1.